The van der Waals surface area contributed by atoms with E-state index >= 15 is 0 Å². The van der Waals surface area contributed by atoms with Crippen LogP contribution in [0.1, 0.15) is 42.5 Å². The van der Waals surface area contributed by atoms with Gasteiger partial charge in [0, 0.05) is 44.5 Å². The van der Waals surface area contributed by atoms with E-state index in [0.29, 0.717) is 11.6 Å². The van der Waals surface area contributed by atoms with Gasteiger partial charge in [0.15, 0.2) is 0 Å². The average molecular weight is 700 g/mol. The molecule has 1 heterocycles. The van der Waals surface area contributed by atoms with Crippen LogP contribution in [0.3, 0.4) is 0 Å². The number of hydrogen-bond donors (Lipinski definition) is 4. The summed E-state index contributed by atoms with van der Waals surface area (Å²) in [7, 11) is -9.21. The lowest BCUT2D eigenvalue weighted by Gasteiger charge is -2.30. The van der Waals surface area contributed by atoms with Crippen LogP contribution in [0, 0.1) is 6.92 Å². The summed E-state index contributed by atoms with van der Waals surface area (Å²) in [6, 6.07) is 10.2. The molecule has 0 saturated carbocycles. The molecule has 0 unspecified atom stereocenters. The van der Waals surface area contributed by atoms with Crippen LogP contribution in [0.15, 0.2) is 71.9 Å². The van der Waals surface area contributed by atoms with Crippen LogP contribution in [-0.4, -0.2) is 73.9 Å². The predicted octanol–water partition coefficient (Wildman–Crippen LogP) is 3.06. The summed E-state index contributed by atoms with van der Waals surface area (Å²) >= 11 is 0. The van der Waals surface area contributed by atoms with Crippen LogP contribution in [0.25, 0.3) is 11.1 Å². The average Bonchev–Trinajstić information content (AvgIpc) is 3.00. The predicted molar refractivity (Wildman–Crippen MR) is 168 cm³/mol. The van der Waals surface area contributed by atoms with Gasteiger partial charge in [-0.25, -0.2) is 8.42 Å². The number of amides is 2. The number of nitrogens with one attached hydrogen (secondary N) is 2. The van der Waals surface area contributed by atoms with Crippen molar-refractivity contribution in [2.75, 3.05) is 25.4 Å². The van der Waals surface area contributed by atoms with E-state index in [-0.39, 0.29) is 32.5 Å². The monoisotopic (exact) mass is 699 g/mol. The minimum Gasteiger partial charge on any atom is -0.354 e. The Kier molecular flexibility index (Phi) is 12.6. The second kappa shape index (κ2) is 15.8. The number of aryl methyl sites for hydroxylation is 1. The molecule has 0 aliphatic heterocycles. The van der Waals surface area contributed by atoms with Crippen LogP contribution < -0.4 is 16.4 Å². The van der Waals surface area contributed by atoms with E-state index < -0.39 is 66.4 Å². The second-order valence-electron chi connectivity index (χ2n) is 10.7. The Balaban J connectivity index is 1.78. The number of nitrogens with zero attached hydrogens (tertiary/aromatic N) is 2. The standard InChI is InChI=1S/C30H36F3N5O7S2/c1-20-18-35-13-12-24(20)23-8-5-7-22(17-23)21(2)38(47(44,45)27-10-4-3-9-25(27)30(31,32)33)16-6-11-28(39)36-14-15-37-29(40)26(34)19-46(41,42)43/h3-5,7-10,12-13,17-18,21,26H,6,11,14-16,19,34H2,1-2H3,(H,36,39)(H,37,40)(H,41,42,43)/t21-,26-/m0/s1. The molecule has 17 heteroatoms. The molecule has 47 heavy (non-hydrogen) atoms. The van der Waals surface area contributed by atoms with E-state index in [1.807, 2.05) is 13.0 Å². The molecule has 0 radical (unpaired) electrons. The molecule has 3 aromatic rings. The molecule has 2 aromatic carbocycles. The van der Waals surface area contributed by atoms with Crippen molar-refractivity contribution in [1.29, 1.82) is 0 Å². The van der Waals surface area contributed by atoms with Crippen molar-refractivity contribution in [2.24, 2.45) is 5.73 Å². The molecule has 0 aliphatic carbocycles. The smallest absolute Gasteiger partial charge is 0.354 e. The normalized spacial score (nSPS) is 13.6. The Bertz CT molecular complexity index is 1790. The van der Waals surface area contributed by atoms with Gasteiger partial charge in [0.05, 0.1) is 16.2 Å². The van der Waals surface area contributed by atoms with Gasteiger partial charge in [-0.05, 0) is 66.8 Å². The highest BCUT2D eigenvalue weighted by Crippen LogP contribution is 2.38. The van der Waals surface area contributed by atoms with Gasteiger partial charge in [0.25, 0.3) is 10.1 Å². The quantitative estimate of drug-likeness (QED) is 0.137. The van der Waals surface area contributed by atoms with Gasteiger partial charge in [-0.15, -0.1) is 0 Å². The summed E-state index contributed by atoms with van der Waals surface area (Å²) in [5, 5.41) is 4.81. The number of carbonyl (C=O) groups excluding carboxylic acids is 2. The summed E-state index contributed by atoms with van der Waals surface area (Å²) in [6.07, 6.45) is -1.91. The summed E-state index contributed by atoms with van der Waals surface area (Å²) in [5.74, 6) is -2.38. The van der Waals surface area contributed by atoms with Crippen molar-refractivity contribution in [2.45, 2.75) is 49.8 Å². The number of rotatable bonds is 15. The van der Waals surface area contributed by atoms with Gasteiger partial charge in [-0.3, -0.25) is 19.1 Å². The van der Waals surface area contributed by atoms with Crippen LogP contribution >= 0.6 is 0 Å². The van der Waals surface area contributed by atoms with Gasteiger partial charge in [-0.2, -0.15) is 25.9 Å². The van der Waals surface area contributed by atoms with Crippen molar-refractivity contribution in [3.8, 4) is 11.1 Å². The van der Waals surface area contributed by atoms with Gasteiger partial charge in [0.1, 0.15) is 6.04 Å². The summed E-state index contributed by atoms with van der Waals surface area (Å²) in [6.45, 7) is 2.91. The number of aromatic nitrogens is 1. The summed E-state index contributed by atoms with van der Waals surface area (Å²) in [4.78, 5) is 27.5. The minimum atomic E-state index is -4.94. The summed E-state index contributed by atoms with van der Waals surface area (Å²) < 4.78 is 101. The van der Waals surface area contributed by atoms with Crippen molar-refractivity contribution < 1.29 is 44.1 Å². The number of benzene rings is 2. The van der Waals surface area contributed by atoms with Crippen LogP contribution in [0.5, 0.6) is 0 Å². The lowest BCUT2D eigenvalue weighted by atomic mass is 9.98. The molecule has 0 fully saturated rings. The largest absolute Gasteiger partial charge is 0.417 e. The molecule has 2 amide bonds. The zero-order chi connectivity index (χ0) is 35.0. The Hall–Kier alpha value is -3.90. The lowest BCUT2D eigenvalue weighted by molar-refractivity contribution is -0.140. The van der Waals surface area contributed by atoms with Gasteiger partial charge in [0.2, 0.25) is 21.8 Å². The Morgan fingerprint density at radius 1 is 1.02 bits per heavy atom. The second-order valence-corrected chi connectivity index (χ2v) is 14.1. The zero-order valence-electron chi connectivity index (χ0n) is 25.6. The first-order valence-electron chi connectivity index (χ1n) is 14.4. The Morgan fingerprint density at radius 2 is 1.70 bits per heavy atom. The molecular formula is C30H36F3N5O7S2. The first kappa shape index (κ1) is 37.6. The molecule has 2 atom stereocenters. The van der Waals surface area contributed by atoms with Crippen LogP contribution in [0.2, 0.25) is 0 Å². The van der Waals surface area contributed by atoms with Gasteiger partial charge < -0.3 is 16.4 Å². The van der Waals surface area contributed by atoms with E-state index in [0.717, 1.165) is 33.1 Å². The van der Waals surface area contributed by atoms with Crippen molar-refractivity contribution in [1.82, 2.24) is 19.9 Å². The minimum absolute atomic E-state index is 0.0572. The molecule has 12 nitrogen and oxygen atoms in total. The van der Waals surface area contributed by atoms with Crippen molar-refractivity contribution in [3.63, 3.8) is 0 Å². The number of halogens is 3. The maximum atomic E-state index is 13.9. The Labute approximate surface area is 271 Å². The fourth-order valence-corrected chi connectivity index (χ4v) is 7.29. The summed E-state index contributed by atoms with van der Waals surface area (Å²) in [5.41, 5.74) is 7.08. The maximum Gasteiger partial charge on any atom is 0.417 e. The topological polar surface area (TPSA) is 189 Å². The van der Waals surface area contributed by atoms with Crippen molar-refractivity contribution >= 4 is 32.0 Å². The van der Waals surface area contributed by atoms with Gasteiger partial charge in [-0.1, -0.05) is 30.3 Å². The highest BCUT2D eigenvalue weighted by molar-refractivity contribution is 7.89. The molecule has 1 aromatic heterocycles. The molecular weight excluding hydrogens is 663 g/mol. The fourth-order valence-electron chi connectivity index (χ4n) is 4.81. The number of pyridine rings is 1. The zero-order valence-corrected chi connectivity index (χ0v) is 27.2. The van der Waals surface area contributed by atoms with E-state index in [9.17, 15) is 39.6 Å². The number of sulfonamides is 1. The Morgan fingerprint density at radius 3 is 2.36 bits per heavy atom. The molecule has 0 spiro atoms. The van der Waals surface area contributed by atoms with Gasteiger partial charge >= 0.3 is 6.18 Å². The van der Waals surface area contributed by atoms with Crippen molar-refractivity contribution in [3.05, 3.63) is 83.7 Å². The van der Waals surface area contributed by atoms with E-state index in [2.05, 4.69) is 15.6 Å². The molecule has 0 aliphatic rings. The van der Waals surface area contributed by atoms with E-state index in [1.54, 1.807) is 43.6 Å². The number of hydrogen-bond acceptors (Lipinski definition) is 8. The first-order valence-corrected chi connectivity index (χ1v) is 17.4. The highest BCUT2D eigenvalue weighted by Gasteiger charge is 2.40. The number of carbonyl (C=O) groups is 2. The molecule has 3 rings (SSSR count). The molecule has 0 saturated heterocycles. The van der Waals surface area contributed by atoms with Crippen LogP contribution in [0.4, 0.5) is 13.2 Å². The number of alkyl halides is 3. The molecule has 256 valence electrons. The van der Waals surface area contributed by atoms with E-state index in [1.165, 1.54) is 6.07 Å². The number of nitrogens with two attached hydrogens (primary N) is 1. The van der Waals surface area contributed by atoms with Crippen LogP contribution in [-0.2, 0) is 35.9 Å². The maximum absolute atomic E-state index is 13.9. The third kappa shape index (κ3) is 10.6. The lowest BCUT2D eigenvalue weighted by Crippen LogP contribution is -2.46. The fraction of sp³-hybridized carbons (Fsp3) is 0.367. The SMILES string of the molecule is Cc1cnccc1-c1cccc([C@H](C)N(CCCC(=O)NCCNC(=O)[C@@H](N)CS(=O)(=O)O)S(=O)(=O)c2ccccc2C(F)(F)F)c1. The first-order chi connectivity index (χ1) is 21.9. The third-order valence-corrected chi connectivity index (χ3v) is 9.98. The molecule has 5 N–H and O–H groups in total. The third-order valence-electron chi connectivity index (χ3n) is 7.17. The molecule has 0 bridgehead atoms. The highest BCUT2D eigenvalue weighted by atomic mass is 32.2. The van der Waals surface area contributed by atoms with E-state index in [4.69, 9.17) is 10.3 Å².